The standard InChI is InChI=1S/C17H17N3O/c21-12-15(10-13-6-2-1-3-7-13)19-17-18-11-14-8-4-5-9-16(14)20-17/h1-9,11,15,21H,10,12H2,(H,18,19,20). The molecule has 0 saturated heterocycles. The van der Waals surface area contributed by atoms with Crippen LogP contribution in [0.3, 0.4) is 0 Å². The van der Waals surface area contributed by atoms with Gasteiger partial charge in [-0.1, -0.05) is 48.5 Å². The summed E-state index contributed by atoms with van der Waals surface area (Å²) in [6.07, 6.45) is 2.52. The first kappa shape index (κ1) is 13.5. The molecule has 2 aromatic carbocycles. The third kappa shape index (κ3) is 3.35. The summed E-state index contributed by atoms with van der Waals surface area (Å²) in [5.41, 5.74) is 2.07. The van der Waals surface area contributed by atoms with Crippen LogP contribution in [0.2, 0.25) is 0 Å². The van der Waals surface area contributed by atoms with Crippen LogP contribution in [-0.4, -0.2) is 27.7 Å². The Balaban J connectivity index is 1.76. The van der Waals surface area contributed by atoms with E-state index in [9.17, 15) is 5.11 Å². The molecule has 1 aromatic heterocycles. The molecule has 1 unspecified atom stereocenters. The Morgan fingerprint density at radius 1 is 1.00 bits per heavy atom. The number of benzene rings is 2. The summed E-state index contributed by atoms with van der Waals surface area (Å²) in [5, 5.41) is 13.7. The smallest absolute Gasteiger partial charge is 0.223 e. The van der Waals surface area contributed by atoms with E-state index in [0.717, 1.165) is 17.3 Å². The van der Waals surface area contributed by atoms with E-state index < -0.39 is 0 Å². The van der Waals surface area contributed by atoms with Gasteiger partial charge in [0.2, 0.25) is 5.95 Å². The molecule has 0 radical (unpaired) electrons. The minimum absolute atomic E-state index is 0.0328. The van der Waals surface area contributed by atoms with E-state index in [2.05, 4.69) is 15.3 Å². The normalized spacial score (nSPS) is 12.2. The molecule has 21 heavy (non-hydrogen) atoms. The highest BCUT2D eigenvalue weighted by molar-refractivity contribution is 5.78. The number of anilines is 1. The fourth-order valence-corrected chi connectivity index (χ4v) is 2.28. The molecule has 1 heterocycles. The van der Waals surface area contributed by atoms with Crippen molar-refractivity contribution in [3.63, 3.8) is 0 Å². The molecule has 3 aromatic rings. The first-order chi connectivity index (χ1) is 10.3. The van der Waals surface area contributed by atoms with E-state index in [1.807, 2.05) is 54.6 Å². The number of nitrogens with one attached hydrogen (secondary N) is 1. The van der Waals surface area contributed by atoms with Gasteiger partial charge >= 0.3 is 0 Å². The molecule has 1 atom stereocenters. The third-order valence-electron chi connectivity index (χ3n) is 3.37. The predicted octanol–water partition coefficient (Wildman–Crippen LogP) is 2.65. The number of aromatic nitrogens is 2. The average molecular weight is 279 g/mol. The van der Waals surface area contributed by atoms with E-state index in [-0.39, 0.29) is 12.6 Å². The number of para-hydroxylation sites is 1. The highest BCUT2D eigenvalue weighted by atomic mass is 16.3. The summed E-state index contributed by atoms with van der Waals surface area (Å²) in [5.74, 6) is 0.545. The van der Waals surface area contributed by atoms with Crippen molar-refractivity contribution < 1.29 is 5.11 Å². The van der Waals surface area contributed by atoms with Crippen LogP contribution < -0.4 is 5.32 Å². The van der Waals surface area contributed by atoms with E-state index in [1.165, 1.54) is 5.56 Å². The minimum atomic E-state index is -0.103. The molecule has 0 aliphatic carbocycles. The van der Waals surface area contributed by atoms with Crippen molar-refractivity contribution in [3.8, 4) is 0 Å². The molecule has 0 spiro atoms. The second-order valence-corrected chi connectivity index (χ2v) is 4.97. The molecule has 0 bridgehead atoms. The van der Waals surface area contributed by atoms with Crippen LogP contribution in [0.1, 0.15) is 5.56 Å². The lowest BCUT2D eigenvalue weighted by Crippen LogP contribution is -2.27. The van der Waals surface area contributed by atoms with Gasteiger partial charge < -0.3 is 10.4 Å². The van der Waals surface area contributed by atoms with Gasteiger partial charge in [-0.15, -0.1) is 0 Å². The van der Waals surface area contributed by atoms with Gasteiger partial charge in [-0.05, 0) is 18.1 Å². The number of hydrogen-bond donors (Lipinski definition) is 2. The summed E-state index contributed by atoms with van der Waals surface area (Å²) < 4.78 is 0. The zero-order valence-corrected chi connectivity index (χ0v) is 11.6. The Morgan fingerprint density at radius 2 is 1.76 bits per heavy atom. The molecule has 0 saturated carbocycles. The maximum atomic E-state index is 9.54. The van der Waals surface area contributed by atoms with Gasteiger partial charge in [0.05, 0.1) is 18.2 Å². The van der Waals surface area contributed by atoms with Crippen molar-refractivity contribution in [2.24, 2.45) is 0 Å². The van der Waals surface area contributed by atoms with Crippen LogP contribution in [0, 0.1) is 0 Å². The number of aliphatic hydroxyl groups excluding tert-OH is 1. The van der Waals surface area contributed by atoms with Gasteiger partial charge in [-0.25, -0.2) is 9.97 Å². The van der Waals surface area contributed by atoms with Gasteiger partial charge in [0, 0.05) is 11.6 Å². The first-order valence-electron chi connectivity index (χ1n) is 6.98. The van der Waals surface area contributed by atoms with Crippen LogP contribution in [0.4, 0.5) is 5.95 Å². The molecule has 106 valence electrons. The minimum Gasteiger partial charge on any atom is -0.394 e. The number of aliphatic hydroxyl groups is 1. The molecular formula is C17H17N3O. The molecule has 4 heteroatoms. The maximum Gasteiger partial charge on any atom is 0.223 e. The highest BCUT2D eigenvalue weighted by Gasteiger charge is 2.10. The van der Waals surface area contributed by atoms with E-state index in [0.29, 0.717) is 5.95 Å². The van der Waals surface area contributed by atoms with Crippen molar-refractivity contribution in [1.29, 1.82) is 0 Å². The Morgan fingerprint density at radius 3 is 2.57 bits per heavy atom. The second-order valence-electron chi connectivity index (χ2n) is 4.97. The summed E-state index contributed by atoms with van der Waals surface area (Å²) in [7, 11) is 0. The Kier molecular flexibility index (Phi) is 4.07. The van der Waals surface area contributed by atoms with Crippen LogP contribution in [-0.2, 0) is 6.42 Å². The molecule has 0 aliphatic heterocycles. The van der Waals surface area contributed by atoms with Crippen molar-refractivity contribution in [3.05, 3.63) is 66.4 Å². The van der Waals surface area contributed by atoms with Gasteiger partial charge in [-0.2, -0.15) is 0 Å². The van der Waals surface area contributed by atoms with Gasteiger partial charge in [-0.3, -0.25) is 0 Å². The lowest BCUT2D eigenvalue weighted by Gasteiger charge is -2.16. The lowest BCUT2D eigenvalue weighted by molar-refractivity contribution is 0.273. The summed E-state index contributed by atoms with van der Waals surface area (Å²) in [6.45, 7) is 0.0328. The van der Waals surface area contributed by atoms with Crippen LogP contribution >= 0.6 is 0 Å². The average Bonchev–Trinajstić information content (AvgIpc) is 2.55. The summed E-state index contributed by atoms with van der Waals surface area (Å²) in [4.78, 5) is 8.77. The monoisotopic (exact) mass is 279 g/mol. The number of hydrogen-bond acceptors (Lipinski definition) is 4. The lowest BCUT2D eigenvalue weighted by atomic mass is 10.1. The van der Waals surface area contributed by atoms with Crippen LogP contribution in [0.15, 0.2) is 60.8 Å². The summed E-state index contributed by atoms with van der Waals surface area (Å²) >= 11 is 0. The largest absolute Gasteiger partial charge is 0.394 e. The molecule has 0 fully saturated rings. The first-order valence-corrected chi connectivity index (χ1v) is 6.98. The molecule has 2 N–H and O–H groups in total. The fraction of sp³-hybridized carbons (Fsp3) is 0.176. The molecular weight excluding hydrogens is 262 g/mol. The van der Waals surface area contributed by atoms with E-state index in [1.54, 1.807) is 6.20 Å². The quantitative estimate of drug-likeness (QED) is 0.754. The number of rotatable bonds is 5. The van der Waals surface area contributed by atoms with Gasteiger partial charge in [0.25, 0.3) is 0 Å². The SMILES string of the molecule is OCC(Cc1ccccc1)Nc1ncc2ccccc2n1. The van der Waals surface area contributed by atoms with E-state index in [4.69, 9.17) is 0 Å². The zero-order valence-electron chi connectivity index (χ0n) is 11.6. The van der Waals surface area contributed by atoms with Gasteiger partial charge in [0.15, 0.2) is 0 Å². The van der Waals surface area contributed by atoms with Crippen molar-refractivity contribution in [2.45, 2.75) is 12.5 Å². The van der Waals surface area contributed by atoms with Gasteiger partial charge in [0.1, 0.15) is 0 Å². The molecule has 3 rings (SSSR count). The van der Waals surface area contributed by atoms with Crippen molar-refractivity contribution in [1.82, 2.24) is 9.97 Å². The highest BCUT2D eigenvalue weighted by Crippen LogP contribution is 2.13. The topological polar surface area (TPSA) is 58.0 Å². The molecule has 4 nitrogen and oxygen atoms in total. The number of fused-ring (bicyclic) bond motifs is 1. The Hall–Kier alpha value is -2.46. The Bertz CT molecular complexity index is 715. The summed E-state index contributed by atoms with van der Waals surface area (Å²) in [6, 6.07) is 17.8. The van der Waals surface area contributed by atoms with Crippen molar-refractivity contribution >= 4 is 16.9 Å². The number of nitrogens with zero attached hydrogens (tertiary/aromatic N) is 2. The Labute approximate surface area is 123 Å². The predicted molar refractivity (Wildman–Crippen MR) is 84.2 cm³/mol. The molecule has 0 amide bonds. The second kappa shape index (κ2) is 6.33. The van der Waals surface area contributed by atoms with E-state index >= 15 is 0 Å². The van der Waals surface area contributed by atoms with Crippen molar-refractivity contribution in [2.75, 3.05) is 11.9 Å². The zero-order chi connectivity index (χ0) is 14.5. The maximum absolute atomic E-state index is 9.54. The fourth-order valence-electron chi connectivity index (χ4n) is 2.28. The van der Waals surface area contributed by atoms with Crippen LogP contribution in [0.25, 0.3) is 10.9 Å². The molecule has 0 aliphatic rings. The third-order valence-corrected chi connectivity index (χ3v) is 3.37. The van der Waals surface area contributed by atoms with Crippen LogP contribution in [0.5, 0.6) is 0 Å².